The number of hydrogen-bond donors (Lipinski definition) is 4. The van der Waals surface area contributed by atoms with Crippen LogP contribution in [0.15, 0.2) is 48.5 Å². The molecule has 0 amide bonds. The number of fused-ring (bicyclic) bond motifs is 1. The Morgan fingerprint density at radius 2 is 1.81 bits per heavy atom. The number of rotatable bonds is 14. The van der Waals surface area contributed by atoms with Gasteiger partial charge in [0.1, 0.15) is 30.8 Å². The first-order valence-electron chi connectivity index (χ1n) is 12.6. The van der Waals surface area contributed by atoms with Crippen molar-refractivity contribution in [3.05, 3.63) is 54.1 Å². The van der Waals surface area contributed by atoms with Crippen molar-refractivity contribution in [1.82, 2.24) is 0 Å². The van der Waals surface area contributed by atoms with Gasteiger partial charge >= 0.3 is 11.9 Å². The lowest BCUT2D eigenvalue weighted by Crippen LogP contribution is -2.35. The lowest BCUT2D eigenvalue weighted by molar-refractivity contribution is -0.150. The third-order valence-corrected chi connectivity index (χ3v) is 5.73. The summed E-state index contributed by atoms with van der Waals surface area (Å²) < 4.78 is 16.8. The van der Waals surface area contributed by atoms with Gasteiger partial charge in [0.25, 0.3) is 0 Å². The van der Waals surface area contributed by atoms with E-state index in [9.17, 15) is 9.59 Å². The van der Waals surface area contributed by atoms with Crippen LogP contribution in [0, 0.1) is 0 Å². The van der Waals surface area contributed by atoms with E-state index in [-0.39, 0.29) is 0 Å². The zero-order chi connectivity index (χ0) is 27.0. The number of para-hydroxylation sites is 2. The zero-order valence-electron chi connectivity index (χ0n) is 21.4. The average Bonchev–Trinajstić information content (AvgIpc) is 2.90. The molecule has 0 spiro atoms. The van der Waals surface area contributed by atoms with E-state index >= 15 is 0 Å². The van der Waals surface area contributed by atoms with Gasteiger partial charge in [-0.05, 0) is 56.1 Å². The van der Waals surface area contributed by atoms with Crippen molar-refractivity contribution in [2.24, 2.45) is 11.5 Å². The zero-order valence-corrected chi connectivity index (χ0v) is 21.4. The van der Waals surface area contributed by atoms with E-state index in [2.05, 4.69) is 11.0 Å². The quantitative estimate of drug-likeness (QED) is 0.274. The van der Waals surface area contributed by atoms with Crippen LogP contribution in [-0.4, -0.2) is 73.8 Å². The van der Waals surface area contributed by atoms with Crippen LogP contribution < -0.4 is 25.8 Å². The largest absolute Gasteiger partial charge is 0.492 e. The number of nitrogens with two attached hydrogens (primary N) is 2. The van der Waals surface area contributed by atoms with Crippen LogP contribution >= 0.6 is 0 Å². The Labute approximate surface area is 218 Å². The molecule has 0 fully saturated rings. The first-order valence-corrected chi connectivity index (χ1v) is 12.6. The van der Waals surface area contributed by atoms with Crippen molar-refractivity contribution in [1.29, 1.82) is 0 Å². The van der Waals surface area contributed by atoms with Gasteiger partial charge in [-0.2, -0.15) is 0 Å². The van der Waals surface area contributed by atoms with Gasteiger partial charge in [-0.1, -0.05) is 30.7 Å². The molecular weight excluding hydrogens is 478 g/mol. The summed E-state index contributed by atoms with van der Waals surface area (Å²) in [6, 6.07) is 14.8. The van der Waals surface area contributed by atoms with Gasteiger partial charge in [-0.25, -0.2) is 4.79 Å². The molecule has 0 saturated carbocycles. The number of anilines is 1. The standard InChI is InChI=1S/C21H25NO5.C6H14N2O2/c1-2-25-20(21(23)24)15-16-7-9-17(10-8-16)26-13-11-22-12-14-27-19-6-4-3-5-18(19)22;7-4-2-1-3-5(8)6(9)10/h3-10,20H,2,11-15H2,1H3,(H,23,24);5H,1-4,7-8H2,(H,9,10)/t20-;/m0./s1. The molecule has 0 radical (unpaired) electrons. The van der Waals surface area contributed by atoms with Crippen molar-refractivity contribution in [3.8, 4) is 11.5 Å². The number of carbonyl (C=O) groups is 2. The van der Waals surface area contributed by atoms with Crippen molar-refractivity contribution in [2.75, 3.05) is 44.4 Å². The van der Waals surface area contributed by atoms with Gasteiger partial charge in [0.05, 0.1) is 18.8 Å². The molecule has 204 valence electrons. The number of benzene rings is 2. The summed E-state index contributed by atoms with van der Waals surface area (Å²) in [5.74, 6) is -0.195. The Morgan fingerprint density at radius 1 is 1.08 bits per heavy atom. The first-order chi connectivity index (χ1) is 17.8. The highest BCUT2D eigenvalue weighted by molar-refractivity contribution is 5.73. The minimum Gasteiger partial charge on any atom is -0.492 e. The summed E-state index contributed by atoms with van der Waals surface area (Å²) in [7, 11) is 0. The average molecular weight is 518 g/mol. The molecule has 1 aliphatic rings. The summed E-state index contributed by atoms with van der Waals surface area (Å²) in [5.41, 5.74) is 12.4. The molecule has 3 rings (SSSR count). The second-order valence-corrected chi connectivity index (χ2v) is 8.51. The minimum absolute atomic E-state index is 0.341. The maximum Gasteiger partial charge on any atom is 0.333 e. The maximum absolute atomic E-state index is 11.2. The number of ether oxygens (including phenoxy) is 3. The van der Waals surface area contributed by atoms with E-state index < -0.39 is 24.1 Å². The normalized spacial score (nSPS) is 13.9. The van der Waals surface area contributed by atoms with Gasteiger partial charge in [-0.15, -0.1) is 0 Å². The van der Waals surface area contributed by atoms with E-state index in [4.69, 9.17) is 35.9 Å². The van der Waals surface area contributed by atoms with E-state index in [1.165, 1.54) is 0 Å². The molecule has 2 atom stereocenters. The number of carboxylic acid groups (broad SMARTS) is 2. The molecule has 10 heteroatoms. The molecule has 0 aromatic heterocycles. The number of nitrogens with zero attached hydrogens (tertiary/aromatic N) is 1. The van der Waals surface area contributed by atoms with Crippen LogP contribution in [0.5, 0.6) is 11.5 Å². The Kier molecular flexibility index (Phi) is 13.3. The van der Waals surface area contributed by atoms with Crippen LogP contribution in [0.1, 0.15) is 31.7 Å². The second kappa shape index (κ2) is 16.4. The summed E-state index contributed by atoms with van der Waals surface area (Å²) in [4.78, 5) is 23.6. The van der Waals surface area contributed by atoms with Gasteiger partial charge in [-0.3, -0.25) is 4.79 Å². The highest BCUT2D eigenvalue weighted by atomic mass is 16.5. The lowest BCUT2D eigenvalue weighted by Gasteiger charge is -2.31. The third-order valence-electron chi connectivity index (χ3n) is 5.73. The molecule has 1 heterocycles. The fraction of sp³-hybridized carbons (Fsp3) is 0.481. The predicted octanol–water partition coefficient (Wildman–Crippen LogP) is 2.52. The number of carboxylic acids is 2. The smallest absolute Gasteiger partial charge is 0.333 e. The van der Waals surface area contributed by atoms with Crippen LogP contribution in [0.4, 0.5) is 5.69 Å². The number of unbranched alkanes of at least 4 members (excludes halogenated alkanes) is 1. The van der Waals surface area contributed by atoms with Crippen molar-refractivity contribution >= 4 is 17.6 Å². The summed E-state index contributed by atoms with van der Waals surface area (Å²) in [6.07, 6.45) is 1.69. The summed E-state index contributed by atoms with van der Waals surface area (Å²) in [6.45, 7) is 5.62. The van der Waals surface area contributed by atoms with Crippen LogP contribution in [0.3, 0.4) is 0 Å². The molecule has 2 aromatic carbocycles. The Morgan fingerprint density at radius 3 is 2.46 bits per heavy atom. The van der Waals surface area contributed by atoms with Crippen molar-refractivity contribution < 1.29 is 34.0 Å². The molecule has 10 nitrogen and oxygen atoms in total. The summed E-state index contributed by atoms with van der Waals surface area (Å²) in [5, 5.41) is 17.5. The van der Waals surface area contributed by atoms with Crippen molar-refractivity contribution in [3.63, 3.8) is 0 Å². The fourth-order valence-corrected chi connectivity index (χ4v) is 3.72. The van der Waals surface area contributed by atoms with Crippen LogP contribution in [-0.2, 0) is 20.7 Å². The molecule has 0 saturated heterocycles. The fourth-order valence-electron chi connectivity index (χ4n) is 3.72. The molecule has 37 heavy (non-hydrogen) atoms. The number of aliphatic carboxylic acids is 2. The molecule has 6 N–H and O–H groups in total. The summed E-state index contributed by atoms with van der Waals surface area (Å²) >= 11 is 0. The van der Waals surface area contributed by atoms with Gasteiger partial charge in [0.2, 0.25) is 0 Å². The topological polar surface area (TPSA) is 158 Å². The number of hydrogen-bond acceptors (Lipinski definition) is 8. The van der Waals surface area contributed by atoms with E-state index in [0.717, 1.165) is 48.7 Å². The lowest BCUT2D eigenvalue weighted by atomic mass is 10.1. The van der Waals surface area contributed by atoms with Gasteiger partial charge in [0, 0.05) is 13.0 Å². The second-order valence-electron chi connectivity index (χ2n) is 8.51. The van der Waals surface area contributed by atoms with E-state index in [0.29, 0.717) is 39.2 Å². The Balaban J connectivity index is 0.000000410. The highest BCUT2D eigenvalue weighted by Crippen LogP contribution is 2.30. The van der Waals surface area contributed by atoms with Gasteiger partial charge in [0.15, 0.2) is 6.10 Å². The predicted molar refractivity (Wildman–Crippen MR) is 141 cm³/mol. The minimum atomic E-state index is -0.942. The van der Waals surface area contributed by atoms with Gasteiger partial charge < -0.3 is 40.8 Å². The SMILES string of the molecule is CCO[C@@H](Cc1ccc(OCCN2CCOc3ccccc32)cc1)C(=O)O.NCCCCC(N)C(=O)O. The molecular formula is C27H39N3O7. The van der Waals surface area contributed by atoms with Crippen LogP contribution in [0.25, 0.3) is 0 Å². The molecule has 0 bridgehead atoms. The van der Waals surface area contributed by atoms with E-state index in [1.807, 2.05) is 42.5 Å². The van der Waals surface area contributed by atoms with E-state index in [1.54, 1.807) is 6.92 Å². The maximum atomic E-state index is 11.2. The monoisotopic (exact) mass is 517 g/mol. The van der Waals surface area contributed by atoms with Crippen LogP contribution in [0.2, 0.25) is 0 Å². The molecule has 1 aliphatic heterocycles. The first kappa shape index (κ1) is 29.9. The molecule has 0 aliphatic carbocycles. The molecule has 1 unspecified atom stereocenters. The van der Waals surface area contributed by atoms with Crippen molar-refractivity contribution in [2.45, 2.75) is 44.8 Å². The third kappa shape index (κ3) is 10.7. The Bertz CT molecular complexity index is 955. The molecule has 2 aromatic rings. The Hall–Kier alpha value is -3.34. The highest BCUT2D eigenvalue weighted by Gasteiger charge is 2.18.